The molecule has 3 nitrogen and oxygen atoms in total. The van der Waals surface area contributed by atoms with Crippen molar-refractivity contribution in [2.24, 2.45) is 11.8 Å². The average Bonchev–Trinajstić information content (AvgIpc) is 1.87. The Balaban J connectivity index is 0. The van der Waals surface area contributed by atoms with E-state index in [4.69, 9.17) is 5.26 Å². The third-order valence-corrected chi connectivity index (χ3v) is 1.47. The van der Waals surface area contributed by atoms with Crippen molar-refractivity contribution < 1.29 is 39.5 Å². The van der Waals surface area contributed by atoms with Gasteiger partial charge in [0, 0.05) is 0 Å². The van der Waals surface area contributed by atoms with Crippen LogP contribution in [0.15, 0.2) is 0 Å². The monoisotopic (exact) mass is 177 g/mol. The maximum Gasteiger partial charge on any atom is 1.00 e. The van der Waals surface area contributed by atoms with Crippen LogP contribution in [0.1, 0.15) is 26.7 Å². The summed E-state index contributed by atoms with van der Waals surface area (Å²) in [5, 5.41) is 18.5. The number of carbonyl (C=O) groups is 1. The minimum absolute atomic E-state index is 0. The van der Waals surface area contributed by atoms with Gasteiger partial charge in [-0.25, -0.2) is 0 Å². The number of rotatable bonds is 4. The molecule has 62 valence electrons. The Kier molecular flexibility index (Phi) is 9.17. The molecule has 0 saturated carbocycles. The van der Waals surface area contributed by atoms with Crippen molar-refractivity contribution in [2.45, 2.75) is 26.7 Å². The molecule has 0 aliphatic carbocycles. The molecule has 0 saturated heterocycles. The molecule has 0 N–H and O–H groups in total. The van der Waals surface area contributed by atoms with Gasteiger partial charge >= 0.3 is 29.6 Å². The number of nitriles is 1. The molecule has 1 atom stereocenters. The van der Waals surface area contributed by atoms with Gasteiger partial charge in [0.05, 0.1) is 18.0 Å². The van der Waals surface area contributed by atoms with Crippen LogP contribution in [0.2, 0.25) is 0 Å². The molecule has 0 fully saturated rings. The summed E-state index contributed by atoms with van der Waals surface area (Å²) in [4.78, 5) is 10.2. The van der Waals surface area contributed by atoms with E-state index in [2.05, 4.69) is 0 Å². The first-order valence-electron chi connectivity index (χ1n) is 3.68. The number of carboxylic acids is 1. The average molecular weight is 177 g/mol. The summed E-state index contributed by atoms with van der Waals surface area (Å²) in [6, 6.07) is 1.69. The largest absolute Gasteiger partial charge is 1.00 e. The second kappa shape index (κ2) is 7.60. The minimum Gasteiger partial charge on any atom is -0.549 e. The Hall–Kier alpha value is -0.0400. The molecular formula is C8H12NNaO2. The van der Waals surface area contributed by atoms with Gasteiger partial charge in [0.25, 0.3) is 0 Å². The zero-order chi connectivity index (χ0) is 8.85. The summed E-state index contributed by atoms with van der Waals surface area (Å²) in [5.74, 6) is -1.75. The fourth-order valence-corrected chi connectivity index (χ4v) is 0.735. The summed E-state index contributed by atoms with van der Waals surface area (Å²) >= 11 is 0. The molecule has 0 aromatic carbocycles. The van der Waals surface area contributed by atoms with Crippen LogP contribution in [0.3, 0.4) is 0 Å². The van der Waals surface area contributed by atoms with E-state index in [-0.39, 0.29) is 29.6 Å². The van der Waals surface area contributed by atoms with Crippen molar-refractivity contribution in [2.75, 3.05) is 0 Å². The predicted octanol–water partition coefficient (Wildman–Crippen LogP) is -2.68. The van der Waals surface area contributed by atoms with Crippen molar-refractivity contribution in [3.05, 3.63) is 0 Å². The summed E-state index contributed by atoms with van der Waals surface area (Å²) in [6.07, 6.45) is 1.16. The van der Waals surface area contributed by atoms with Crippen LogP contribution in [0.25, 0.3) is 0 Å². The standard InChI is InChI=1S/C8H13NO2.Na/c1-6(2)3-4-7(5-9)8(10)11;/h6-7H,3-4H2,1-2H3,(H,10,11);/q;+1/p-1. The van der Waals surface area contributed by atoms with E-state index < -0.39 is 11.9 Å². The Labute approximate surface area is 95.1 Å². The van der Waals surface area contributed by atoms with E-state index in [1.54, 1.807) is 6.07 Å². The fraction of sp³-hybridized carbons (Fsp3) is 0.750. The SMILES string of the molecule is CC(C)CCC(C#N)C(=O)[O-].[Na+]. The van der Waals surface area contributed by atoms with Crippen LogP contribution < -0.4 is 34.7 Å². The van der Waals surface area contributed by atoms with E-state index in [1.807, 2.05) is 13.8 Å². The Morgan fingerprint density at radius 2 is 2.00 bits per heavy atom. The van der Waals surface area contributed by atoms with Crippen molar-refractivity contribution in [1.82, 2.24) is 0 Å². The first-order chi connectivity index (χ1) is 5.07. The third kappa shape index (κ3) is 6.66. The molecular weight excluding hydrogens is 165 g/mol. The van der Waals surface area contributed by atoms with Crippen LogP contribution in [-0.2, 0) is 4.79 Å². The van der Waals surface area contributed by atoms with Crippen LogP contribution in [0, 0.1) is 23.2 Å². The van der Waals surface area contributed by atoms with Gasteiger partial charge < -0.3 is 9.90 Å². The molecule has 0 aromatic heterocycles. The first kappa shape index (κ1) is 14.5. The molecule has 0 aliphatic rings. The van der Waals surface area contributed by atoms with Crippen LogP contribution in [0.4, 0.5) is 0 Å². The number of carbonyl (C=O) groups excluding carboxylic acids is 1. The van der Waals surface area contributed by atoms with E-state index in [0.29, 0.717) is 12.3 Å². The molecule has 0 radical (unpaired) electrons. The van der Waals surface area contributed by atoms with Crippen molar-refractivity contribution >= 4 is 5.97 Å². The minimum atomic E-state index is -1.26. The first-order valence-corrected chi connectivity index (χ1v) is 3.68. The number of hydrogen-bond acceptors (Lipinski definition) is 3. The Morgan fingerprint density at radius 3 is 2.25 bits per heavy atom. The van der Waals surface area contributed by atoms with Gasteiger partial charge in [0.15, 0.2) is 0 Å². The van der Waals surface area contributed by atoms with Crippen molar-refractivity contribution in [1.29, 1.82) is 5.26 Å². The molecule has 0 spiro atoms. The molecule has 0 bridgehead atoms. The molecule has 1 unspecified atom stereocenters. The summed E-state index contributed by atoms with van der Waals surface area (Å²) in [6.45, 7) is 3.98. The number of aliphatic carboxylic acids is 1. The molecule has 0 aliphatic heterocycles. The van der Waals surface area contributed by atoms with Gasteiger partial charge in [0.1, 0.15) is 0 Å². The molecule has 0 amide bonds. The maximum absolute atomic E-state index is 10.2. The van der Waals surface area contributed by atoms with Gasteiger partial charge in [-0.05, 0) is 18.8 Å². The van der Waals surface area contributed by atoms with Gasteiger partial charge in [-0.15, -0.1) is 0 Å². The fourth-order valence-electron chi connectivity index (χ4n) is 0.735. The Morgan fingerprint density at radius 1 is 1.50 bits per heavy atom. The topological polar surface area (TPSA) is 63.9 Å². The molecule has 0 rings (SSSR count). The Bertz CT molecular complexity index is 174. The van der Waals surface area contributed by atoms with E-state index in [1.165, 1.54) is 0 Å². The zero-order valence-corrected chi connectivity index (χ0v) is 9.83. The van der Waals surface area contributed by atoms with Crippen molar-refractivity contribution in [3.8, 4) is 6.07 Å². The molecule has 4 heteroatoms. The number of nitrogens with zero attached hydrogens (tertiary/aromatic N) is 1. The van der Waals surface area contributed by atoms with Gasteiger partial charge in [-0.3, -0.25) is 0 Å². The second-order valence-corrected chi connectivity index (χ2v) is 2.97. The van der Waals surface area contributed by atoms with Crippen LogP contribution >= 0.6 is 0 Å². The van der Waals surface area contributed by atoms with Crippen LogP contribution in [0.5, 0.6) is 0 Å². The zero-order valence-electron chi connectivity index (χ0n) is 7.83. The smallest absolute Gasteiger partial charge is 0.549 e. The normalized spacial score (nSPS) is 11.5. The quantitative estimate of drug-likeness (QED) is 0.439. The third-order valence-electron chi connectivity index (χ3n) is 1.47. The molecule has 0 heterocycles. The summed E-state index contributed by atoms with van der Waals surface area (Å²) < 4.78 is 0. The summed E-state index contributed by atoms with van der Waals surface area (Å²) in [7, 11) is 0. The van der Waals surface area contributed by atoms with E-state index in [0.717, 1.165) is 6.42 Å². The maximum atomic E-state index is 10.2. The summed E-state index contributed by atoms with van der Waals surface area (Å²) in [5.41, 5.74) is 0. The van der Waals surface area contributed by atoms with Gasteiger partial charge in [-0.1, -0.05) is 13.8 Å². The predicted molar refractivity (Wildman–Crippen MR) is 38.2 cm³/mol. The van der Waals surface area contributed by atoms with E-state index in [9.17, 15) is 9.90 Å². The number of carboxylic acid groups (broad SMARTS) is 1. The van der Waals surface area contributed by atoms with Gasteiger partial charge in [-0.2, -0.15) is 5.26 Å². The van der Waals surface area contributed by atoms with E-state index >= 15 is 0 Å². The molecule has 12 heavy (non-hydrogen) atoms. The molecule has 0 aromatic rings. The second-order valence-electron chi connectivity index (χ2n) is 2.97. The van der Waals surface area contributed by atoms with Crippen LogP contribution in [-0.4, -0.2) is 5.97 Å². The van der Waals surface area contributed by atoms with Gasteiger partial charge in [0.2, 0.25) is 0 Å². The number of hydrogen-bond donors (Lipinski definition) is 0. The van der Waals surface area contributed by atoms with Crippen molar-refractivity contribution in [3.63, 3.8) is 0 Å².